The van der Waals surface area contributed by atoms with Crippen molar-refractivity contribution in [1.82, 2.24) is 5.06 Å². The summed E-state index contributed by atoms with van der Waals surface area (Å²) in [6, 6.07) is 6.72. The molecule has 0 spiro atoms. The smallest absolute Gasteiger partial charge is 0.343 e. The number of rotatable bonds is 4. The summed E-state index contributed by atoms with van der Waals surface area (Å²) in [5.74, 6) is 0.111. The summed E-state index contributed by atoms with van der Waals surface area (Å²) in [4.78, 5) is 22.9. The monoisotopic (exact) mass is 398 g/mol. The summed E-state index contributed by atoms with van der Waals surface area (Å²) in [5.41, 5.74) is 0.429. The van der Waals surface area contributed by atoms with Gasteiger partial charge in [0.25, 0.3) is 0 Å². The van der Waals surface area contributed by atoms with Crippen molar-refractivity contribution >= 4 is 16.9 Å². The largest absolute Gasteiger partial charge is 0.756 e. The van der Waals surface area contributed by atoms with Crippen LogP contribution < -0.4 is 10.4 Å². The molecule has 3 heterocycles. The second-order valence-electron chi connectivity index (χ2n) is 6.49. The fourth-order valence-corrected chi connectivity index (χ4v) is 2.94. The van der Waals surface area contributed by atoms with E-state index in [4.69, 9.17) is 18.3 Å². The Morgan fingerprint density at radius 1 is 1.21 bits per heavy atom. The number of fused-ring (bicyclic) bond motifs is 1. The van der Waals surface area contributed by atoms with Crippen molar-refractivity contribution in [2.75, 3.05) is 13.2 Å². The second kappa shape index (κ2) is 7.02. The Hall–Kier alpha value is -3.72. The van der Waals surface area contributed by atoms with Crippen LogP contribution in [0, 0.1) is 19.1 Å². The minimum Gasteiger partial charge on any atom is -0.756 e. The summed E-state index contributed by atoms with van der Waals surface area (Å²) >= 11 is 0. The molecule has 2 aromatic heterocycles. The number of hydrogen-bond acceptors (Lipinski definition) is 9. The number of cyclic esters (lactones) is 1. The molecule has 4 rings (SSSR count). The molecule has 0 radical (unpaired) electrons. The summed E-state index contributed by atoms with van der Waals surface area (Å²) < 4.78 is 21.3. The van der Waals surface area contributed by atoms with Crippen molar-refractivity contribution in [3.05, 3.63) is 63.0 Å². The first-order valence-electron chi connectivity index (χ1n) is 8.69. The van der Waals surface area contributed by atoms with E-state index in [2.05, 4.69) is 0 Å². The van der Waals surface area contributed by atoms with E-state index in [1.54, 1.807) is 31.2 Å². The fraction of sp³-hybridized carbons (Fsp3) is 0.200. The predicted molar refractivity (Wildman–Crippen MR) is 101 cm³/mol. The number of aromatic hydroxyl groups is 1. The van der Waals surface area contributed by atoms with Gasteiger partial charge in [-0.3, -0.25) is 0 Å². The van der Waals surface area contributed by atoms with Crippen LogP contribution in [0.1, 0.15) is 11.1 Å². The van der Waals surface area contributed by atoms with E-state index in [9.17, 15) is 19.9 Å². The minimum atomic E-state index is -0.638. The highest BCUT2D eigenvalue weighted by Gasteiger charge is 2.19. The van der Waals surface area contributed by atoms with Gasteiger partial charge in [0.15, 0.2) is 17.4 Å². The number of hydrogen-bond donors (Lipinski definition) is 1. The van der Waals surface area contributed by atoms with Crippen LogP contribution in [-0.2, 0) is 9.53 Å². The molecule has 0 bridgehead atoms. The molecule has 29 heavy (non-hydrogen) atoms. The zero-order valence-corrected chi connectivity index (χ0v) is 15.6. The van der Waals surface area contributed by atoms with Crippen molar-refractivity contribution in [2.24, 2.45) is 0 Å². The van der Waals surface area contributed by atoms with Gasteiger partial charge in [-0.1, -0.05) is 0 Å². The third kappa shape index (κ3) is 3.43. The fourth-order valence-electron chi connectivity index (χ4n) is 2.94. The van der Waals surface area contributed by atoms with Crippen LogP contribution in [0.3, 0.4) is 0 Å². The Morgan fingerprint density at radius 2 is 2.00 bits per heavy atom. The number of carbonyl (C=O) groups is 1. The van der Waals surface area contributed by atoms with Crippen LogP contribution in [0.5, 0.6) is 11.5 Å². The van der Waals surface area contributed by atoms with Crippen molar-refractivity contribution in [1.29, 1.82) is 0 Å². The molecule has 1 N–H and O–H groups in total. The van der Waals surface area contributed by atoms with Gasteiger partial charge in [0.2, 0.25) is 0 Å². The maximum Gasteiger partial charge on any atom is 0.343 e. The zero-order valence-electron chi connectivity index (χ0n) is 15.6. The molecule has 1 saturated heterocycles. The molecular formula is C20H16NO8-. The average Bonchev–Trinajstić information content (AvgIpc) is 3.25. The summed E-state index contributed by atoms with van der Waals surface area (Å²) in [6.07, 6.45) is 1.37. The van der Waals surface area contributed by atoms with Crippen LogP contribution in [0.25, 0.3) is 22.5 Å². The average molecular weight is 398 g/mol. The van der Waals surface area contributed by atoms with Crippen LogP contribution >= 0.6 is 0 Å². The van der Waals surface area contributed by atoms with Gasteiger partial charge >= 0.3 is 11.6 Å². The standard InChI is InChI=1S/C20H16NO8/c1-10-18(23)11(2)20(24)29-19(10)15-8-12-7-13(3-4-14(12)27-15)26-6-5-16-21(25)9-17(22)28-16/h3-5,7-8,23H,6,9H2,1-2H3/q-1. The van der Waals surface area contributed by atoms with E-state index in [-0.39, 0.29) is 36.1 Å². The number of carbonyl (C=O) groups excluding carboxylic acids is 1. The highest BCUT2D eigenvalue weighted by atomic mass is 16.6. The quantitative estimate of drug-likeness (QED) is 0.660. The molecule has 0 amide bonds. The van der Waals surface area contributed by atoms with Gasteiger partial charge in [0.05, 0.1) is 5.56 Å². The van der Waals surface area contributed by atoms with E-state index in [0.717, 1.165) is 0 Å². The van der Waals surface area contributed by atoms with Crippen LogP contribution in [-0.4, -0.2) is 29.3 Å². The van der Waals surface area contributed by atoms with Gasteiger partial charge < -0.3 is 33.7 Å². The van der Waals surface area contributed by atoms with Gasteiger partial charge in [-0.15, -0.1) is 0 Å². The number of benzene rings is 1. The van der Waals surface area contributed by atoms with Gasteiger partial charge in [-0.05, 0) is 38.1 Å². The Bertz CT molecular complexity index is 1200. The molecule has 1 fully saturated rings. The molecule has 9 nitrogen and oxygen atoms in total. The lowest BCUT2D eigenvalue weighted by Gasteiger charge is -2.20. The third-order valence-electron chi connectivity index (χ3n) is 4.51. The highest BCUT2D eigenvalue weighted by molar-refractivity contribution is 5.84. The topological polar surface area (TPSA) is 125 Å². The molecule has 150 valence electrons. The van der Waals surface area contributed by atoms with Crippen LogP contribution in [0.2, 0.25) is 0 Å². The van der Waals surface area contributed by atoms with E-state index in [0.29, 0.717) is 33.1 Å². The van der Waals surface area contributed by atoms with Crippen LogP contribution in [0.4, 0.5) is 0 Å². The first kappa shape index (κ1) is 18.6. The normalized spacial score (nSPS) is 15.3. The summed E-state index contributed by atoms with van der Waals surface area (Å²) in [5, 5.41) is 22.6. The van der Waals surface area contributed by atoms with Crippen molar-refractivity contribution < 1.29 is 28.2 Å². The van der Waals surface area contributed by atoms with E-state index >= 15 is 0 Å². The lowest BCUT2D eigenvalue weighted by atomic mass is 10.1. The maximum absolute atomic E-state index is 11.9. The summed E-state index contributed by atoms with van der Waals surface area (Å²) in [6.45, 7) is 2.80. The third-order valence-corrected chi connectivity index (χ3v) is 4.51. The molecule has 3 aromatic rings. The zero-order chi connectivity index (χ0) is 20.7. The van der Waals surface area contributed by atoms with Gasteiger partial charge in [0.1, 0.15) is 30.2 Å². The number of hydroxylamine groups is 2. The Labute approximate surface area is 163 Å². The van der Waals surface area contributed by atoms with Gasteiger partial charge in [-0.2, -0.15) is 0 Å². The lowest BCUT2D eigenvalue weighted by Crippen LogP contribution is -2.11. The highest BCUT2D eigenvalue weighted by Crippen LogP contribution is 2.34. The number of esters is 1. The molecule has 0 atom stereocenters. The minimum absolute atomic E-state index is 0.0252. The second-order valence-corrected chi connectivity index (χ2v) is 6.49. The number of nitrogens with zero attached hydrogens (tertiary/aromatic N) is 1. The van der Waals surface area contributed by atoms with E-state index < -0.39 is 11.6 Å². The van der Waals surface area contributed by atoms with Gasteiger partial charge in [0, 0.05) is 17.0 Å². The molecule has 9 heteroatoms. The molecule has 1 aromatic carbocycles. The van der Waals surface area contributed by atoms with Crippen molar-refractivity contribution in [2.45, 2.75) is 13.8 Å². The lowest BCUT2D eigenvalue weighted by molar-refractivity contribution is -0.134. The molecule has 0 aliphatic carbocycles. The van der Waals surface area contributed by atoms with Crippen molar-refractivity contribution in [3.8, 4) is 23.0 Å². The van der Waals surface area contributed by atoms with E-state index in [1.807, 2.05) is 0 Å². The van der Waals surface area contributed by atoms with Crippen molar-refractivity contribution in [3.63, 3.8) is 0 Å². The number of ether oxygens (including phenoxy) is 2. The molecular weight excluding hydrogens is 382 g/mol. The Morgan fingerprint density at radius 3 is 2.72 bits per heavy atom. The predicted octanol–water partition coefficient (Wildman–Crippen LogP) is 2.95. The van der Waals surface area contributed by atoms with Crippen LogP contribution in [0.15, 0.2) is 49.9 Å². The molecule has 0 unspecified atom stereocenters. The maximum atomic E-state index is 11.9. The molecule has 1 aliphatic heterocycles. The van der Waals surface area contributed by atoms with E-state index in [1.165, 1.54) is 13.0 Å². The first-order chi connectivity index (χ1) is 13.8. The molecule has 1 aliphatic rings. The first-order valence-corrected chi connectivity index (χ1v) is 8.69. The SMILES string of the molecule is Cc1c(-c2cc3cc(OCC=C4OC(=O)CN4[O-])ccc3o2)oc(=O)c(C)c1O. The summed E-state index contributed by atoms with van der Waals surface area (Å²) in [7, 11) is 0. The van der Waals surface area contributed by atoms with Gasteiger partial charge in [-0.25, -0.2) is 9.59 Å². The Kier molecular flexibility index (Phi) is 4.51. The Balaban J connectivity index is 1.58. The number of furan rings is 1. The molecule has 0 saturated carbocycles.